The van der Waals surface area contributed by atoms with Gasteiger partial charge in [-0.3, -0.25) is 0 Å². The average Bonchev–Trinajstić information content (AvgIpc) is 3.32. The molecule has 1 saturated carbocycles. The number of benzene rings is 1. The topological polar surface area (TPSA) is 108 Å². The zero-order valence-electron chi connectivity index (χ0n) is 15.4. The molecule has 0 amide bonds. The standard InChI is InChI=1S/C19H24AsN5O2/c1-10-15(24-7-5-11(9-24)13(20)4-6-21)8-14(22)16-17(10)25(12-2-3-12)19(27)23-18(16)26/h8,11-13H,2-5,7,9,20,22H2,1H3,(H,23,26,27). The van der Waals surface area contributed by atoms with E-state index in [0.29, 0.717) is 33.6 Å². The van der Waals surface area contributed by atoms with Crippen LogP contribution < -0.4 is 21.9 Å². The molecule has 1 aromatic carbocycles. The van der Waals surface area contributed by atoms with Crippen molar-refractivity contribution in [1.82, 2.24) is 9.55 Å². The quantitative estimate of drug-likeness (QED) is 0.559. The van der Waals surface area contributed by atoms with Crippen LogP contribution in [-0.4, -0.2) is 39.5 Å². The van der Waals surface area contributed by atoms with Crippen LogP contribution in [0, 0.1) is 24.2 Å². The fourth-order valence-electron chi connectivity index (χ4n) is 4.27. The Morgan fingerprint density at radius 3 is 2.81 bits per heavy atom. The number of anilines is 2. The van der Waals surface area contributed by atoms with Crippen LogP contribution in [0.2, 0.25) is 4.71 Å². The van der Waals surface area contributed by atoms with E-state index < -0.39 is 5.56 Å². The summed E-state index contributed by atoms with van der Waals surface area (Å²) in [5.74, 6) is 0.491. The Hall–Kier alpha value is -2.19. The van der Waals surface area contributed by atoms with Crippen LogP contribution in [0.25, 0.3) is 10.9 Å². The number of aryl methyl sites for hydroxylation is 1. The van der Waals surface area contributed by atoms with Crippen molar-refractivity contribution in [1.29, 1.82) is 5.26 Å². The van der Waals surface area contributed by atoms with Gasteiger partial charge < -0.3 is 0 Å². The molecule has 0 radical (unpaired) electrons. The van der Waals surface area contributed by atoms with Crippen LogP contribution in [0.4, 0.5) is 11.4 Å². The monoisotopic (exact) mass is 429 g/mol. The van der Waals surface area contributed by atoms with Crippen LogP contribution in [0.5, 0.6) is 0 Å². The van der Waals surface area contributed by atoms with Crippen LogP contribution in [0.1, 0.15) is 37.3 Å². The number of aromatic amines is 1. The van der Waals surface area contributed by atoms with E-state index in [1.807, 2.05) is 13.0 Å². The van der Waals surface area contributed by atoms with Gasteiger partial charge in [0.15, 0.2) is 0 Å². The van der Waals surface area contributed by atoms with E-state index in [1.54, 1.807) is 21.4 Å². The molecule has 8 heteroatoms. The summed E-state index contributed by atoms with van der Waals surface area (Å²) < 4.78 is 2.14. The van der Waals surface area contributed by atoms with Gasteiger partial charge in [-0.05, 0) is 0 Å². The summed E-state index contributed by atoms with van der Waals surface area (Å²) in [4.78, 5) is 29.6. The maximum absolute atomic E-state index is 12.5. The van der Waals surface area contributed by atoms with Gasteiger partial charge in [-0.1, -0.05) is 0 Å². The predicted molar refractivity (Wildman–Crippen MR) is 109 cm³/mol. The van der Waals surface area contributed by atoms with Crippen molar-refractivity contribution in [3.05, 3.63) is 32.5 Å². The van der Waals surface area contributed by atoms with Crippen molar-refractivity contribution in [2.24, 2.45) is 5.92 Å². The first-order valence-corrected chi connectivity index (χ1v) is 10.8. The minimum absolute atomic E-state index is 0.148. The average molecular weight is 429 g/mol. The third-order valence-corrected chi connectivity index (χ3v) is 7.51. The first kappa shape index (κ1) is 18.2. The summed E-state index contributed by atoms with van der Waals surface area (Å²) in [6.07, 6.45) is 3.54. The Morgan fingerprint density at radius 1 is 1.41 bits per heavy atom. The molecule has 0 spiro atoms. The SMILES string of the molecule is Cc1c(N2CCC(C([AsH2])CC#N)C2)cc(N)c2c(=O)[nH]c(=O)n(C3CC3)c12. The molecule has 2 aromatic rings. The normalized spacial score (nSPS) is 20.8. The number of hydrogen-bond acceptors (Lipinski definition) is 5. The van der Waals surface area contributed by atoms with Gasteiger partial charge in [0.2, 0.25) is 0 Å². The van der Waals surface area contributed by atoms with Crippen molar-refractivity contribution in [2.75, 3.05) is 23.7 Å². The Morgan fingerprint density at radius 2 is 2.15 bits per heavy atom. The molecule has 4 rings (SSSR count). The summed E-state index contributed by atoms with van der Waals surface area (Å²) in [6, 6.07) is 4.30. The number of fused-ring (bicyclic) bond motifs is 1. The summed E-state index contributed by atoms with van der Waals surface area (Å²) in [7, 11) is 0. The van der Waals surface area contributed by atoms with Crippen molar-refractivity contribution < 1.29 is 0 Å². The summed E-state index contributed by atoms with van der Waals surface area (Å²) >= 11 is 1.63. The second kappa shape index (κ2) is 6.76. The van der Waals surface area contributed by atoms with E-state index in [-0.39, 0.29) is 11.7 Å². The first-order valence-electron chi connectivity index (χ1n) is 9.37. The number of nitrogens with zero attached hydrogens (tertiary/aromatic N) is 3. The van der Waals surface area contributed by atoms with Gasteiger partial charge in [-0.25, -0.2) is 0 Å². The number of nitrogens with two attached hydrogens (primary N) is 1. The number of rotatable bonds is 4. The molecular formula is C19H24AsN5O2. The molecule has 2 heterocycles. The van der Waals surface area contributed by atoms with Gasteiger partial charge in [-0.2, -0.15) is 0 Å². The Bertz CT molecular complexity index is 1060. The summed E-state index contributed by atoms with van der Waals surface area (Å²) in [6.45, 7) is 3.76. The minimum atomic E-state index is -0.413. The fourth-order valence-corrected chi connectivity index (χ4v) is 5.15. The van der Waals surface area contributed by atoms with Crippen molar-refractivity contribution >= 4 is 39.1 Å². The van der Waals surface area contributed by atoms with E-state index in [1.165, 1.54) is 0 Å². The van der Waals surface area contributed by atoms with E-state index in [0.717, 1.165) is 43.6 Å². The van der Waals surface area contributed by atoms with Crippen LogP contribution >= 0.6 is 0 Å². The molecule has 7 nitrogen and oxygen atoms in total. The molecule has 27 heavy (non-hydrogen) atoms. The van der Waals surface area contributed by atoms with Crippen LogP contribution in [0.3, 0.4) is 0 Å². The van der Waals surface area contributed by atoms with Gasteiger partial charge >= 0.3 is 165 Å². The van der Waals surface area contributed by atoms with E-state index >= 15 is 0 Å². The number of nitrogen functional groups attached to an aromatic ring is 1. The van der Waals surface area contributed by atoms with Crippen molar-refractivity contribution in [2.45, 2.75) is 43.4 Å². The molecule has 3 atom stereocenters. The van der Waals surface area contributed by atoms with Gasteiger partial charge in [0.25, 0.3) is 0 Å². The number of H-pyrrole nitrogens is 1. The number of nitriles is 1. The molecule has 0 bridgehead atoms. The van der Waals surface area contributed by atoms with E-state index in [2.05, 4.69) is 16.0 Å². The Kier molecular flexibility index (Phi) is 4.55. The number of nitrogens with one attached hydrogen (secondary N) is 1. The molecule has 2 fully saturated rings. The van der Waals surface area contributed by atoms with Crippen LogP contribution in [-0.2, 0) is 0 Å². The summed E-state index contributed by atoms with van der Waals surface area (Å²) in [5.41, 5.74) is 8.55. The maximum atomic E-state index is 12.5. The van der Waals surface area contributed by atoms with Crippen LogP contribution in [0.15, 0.2) is 15.7 Å². The van der Waals surface area contributed by atoms with Gasteiger partial charge in [-0.15, -0.1) is 0 Å². The molecule has 3 unspecified atom stereocenters. The third kappa shape index (κ3) is 3.06. The fraction of sp³-hybridized carbons (Fsp3) is 0.526. The van der Waals surface area contributed by atoms with Crippen molar-refractivity contribution in [3.8, 4) is 6.07 Å². The van der Waals surface area contributed by atoms with E-state index in [9.17, 15) is 9.59 Å². The molecule has 1 aromatic heterocycles. The second-order valence-electron chi connectivity index (χ2n) is 7.71. The van der Waals surface area contributed by atoms with Crippen molar-refractivity contribution in [3.63, 3.8) is 0 Å². The Balaban J connectivity index is 1.83. The molecule has 2 aliphatic rings. The number of hydrogen-bond donors (Lipinski definition) is 2. The molecule has 1 aliphatic heterocycles. The molecule has 1 saturated heterocycles. The molecular weight excluding hydrogens is 405 g/mol. The Labute approximate surface area is 165 Å². The zero-order valence-corrected chi connectivity index (χ0v) is 17.8. The molecule has 3 N–H and O–H groups in total. The third-order valence-electron chi connectivity index (χ3n) is 5.87. The predicted octanol–water partition coefficient (Wildman–Crippen LogP) is 1.08. The first-order chi connectivity index (χ1) is 12.9. The van der Waals surface area contributed by atoms with Gasteiger partial charge in [0.05, 0.1) is 0 Å². The second-order valence-corrected chi connectivity index (χ2v) is 9.51. The van der Waals surface area contributed by atoms with Gasteiger partial charge in [0.1, 0.15) is 0 Å². The summed E-state index contributed by atoms with van der Waals surface area (Å²) in [5, 5.41) is 9.40. The molecule has 1 aliphatic carbocycles. The van der Waals surface area contributed by atoms with E-state index in [4.69, 9.17) is 11.0 Å². The molecule has 142 valence electrons. The van der Waals surface area contributed by atoms with Gasteiger partial charge in [0, 0.05) is 0 Å². The zero-order chi connectivity index (χ0) is 19.3. The number of aromatic nitrogens is 2.